The molecule has 0 radical (unpaired) electrons. The number of aromatic nitrogens is 3. The van der Waals surface area contributed by atoms with Crippen molar-refractivity contribution in [3.8, 4) is 0 Å². The number of aryl methyl sites for hydroxylation is 1. The minimum atomic E-state index is -0.886. The molecular formula is C11H14N4O2S2. The Morgan fingerprint density at radius 2 is 2.37 bits per heavy atom. The maximum Gasteiger partial charge on any atom is 0.313 e. The molecule has 0 unspecified atom stereocenters. The first-order valence-corrected chi connectivity index (χ1v) is 7.56. The highest BCUT2D eigenvalue weighted by Gasteiger charge is 2.14. The average Bonchev–Trinajstić information content (AvgIpc) is 2.96. The van der Waals surface area contributed by atoms with E-state index in [2.05, 4.69) is 23.2 Å². The second-order valence-corrected chi connectivity index (χ2v) is 5.78. The van der Waals surface area contributed by atoms with Gasteiger partial charge in [0, 0.05) is 4.88 Å². The zero-order valence-electron chi connectivity index (χ0n) is 10.4. The van der Waals surface area contributed by atoms with Crippen LogP contribution in [0.4, 0.5) is 5.95 Å². The molecule has 0 aliphatic rings. The van der Waals surface area contributed by atoms with Crippen molar-refractivity contribution in [1.82, 2.24) is 14.8 Å². The summed E-state index contributed by atoms with van der Waals surface area (Å²) in [5.41, 5.74) is 7.06. The minimum absolute atomic E-state index is 0.0524. The van der Waals surface area contributed by atoms with Gasteiger partial charge in [0.05, 0.1) is 12.3 Å². The Kier molecular flexibility index (Phi) is 4.43. The molecule has 3 N–H and O–H groups in total. The number of thioether (sulfide) groups is 1. The van der Waals surface area contributed by atoms with Gasteiger partial charge in [0.25, 0.3) is 0 Å². The van der Waals surface area contributed by atoms with Crippen molar-refractivity contribution in [2.75, 3.05) is 11.5 Å². The average molecular weight is 298 g/mol. The molecule has 0 fully saturated rings. The van der Waals surface area contributed by atoms with Crippen molar-refractivity contribution in [3.63, 3.8) is 0 Å². The lowest BCUT2D eigenvalue weighted by molar-refractivity contribution is -0.133. The van der Waals surface area contributed by atoms with E-state index < -0.39 is 5.97 Å². The largest absolute Gasteiger partial charge is 0.481 e. The standard InChI is InChI=1S/C11H14N4O2S2/c1-2-7-3-4-18-8(7)5-15-10(12)13-14-11(15)19-6-9(16)17/h3-4H,2,5-6H2,1H3,(H2,12,13)(H,16,17). The molecule has 102 valence electrons. The molecule has 0 amide bonds. The fourth-order valence-electron chi connectivity index (χ4n) is 1.65. The Hall–Kier alpha value is -1.54. The number of aliphatic carboxylic acids is 1. The van der Waals surface area contributed by atoms with Gasteiger partial charge in [0.15, 0.2) is 5.16 Å². The molecule has 2 heterocycles. The number of carboxylic acids is 1. The lowest BCUT2D eigenvalue weighted by Gasteiger charge is -2.07. The van der Waals surface area contributed by atoms with Crippen LogP contribution in [0.25, 0.3) is 0 Å². The highest BCUT2D eigenvalue weighted by atomic mass is 32.2. The topological polar surface area (TPSA) is 94.0 Å². The maximum absolute atomic E-state index is 10.6. The molecule has 0 bridgehead atoms. The first kappa shape index (κ1) is 13.9. The Labute approximate surface area is 118 Å². The summed E-state index contributed by atoms with van der Waals surface area (Å²) in [5, 5.41) is 19.0. The van der Waals surface area contributed by atoms with E-state index in [1.54, 1.807) is 15.9 Å². The van der Waals surface area contributed by atoms with Crippen molar-refractivity contribution in [1.29, 1.82) is 0 Å². The van der Waals surface area contributed by atoms with Crippen LogP contribution in [0.3, 0.4) is 0 Å². The number of nitrogens with zero attached hydrogens (tertiary/aromatic N) is 3. The first-order chi connectivity index (χ1) is 9.11. The second kappa shape index (κ2) is 6.07. The van der Waals surface area contributed by atoms with Crippen LogP contribution in [0, 0.1) is 0 Å². The van der Waals surface area contributed by atoms with Crippen molar-refractivity contribution < 1.29 is 9.90 Å². The molecule has 0 aliphatic carbocycles. The minimum Gasteiger partial charge on any atom is -0.481 e. The van der Waals surface area contributed by atoms with Gasteiger partial charge in [-0.1, -0.05) is 18.7 Å². The molecule has 8 heteroatoms. The normalized spacial score (nSPS) is 10.8. The van der Waals surface area contributed by atoms with Crippen molar-refractivity contribution >= 4 is 35.0 Å². The van der Waals surface area contributed by atoms with Gasteiger partial charge in [-0.2, -0.15) is 0 Å². The molecule has 0 saturated carbocycles. The lowest BCUT2D eigenvalue weighted by Crippen LogP contribution is -2.07. The number of hydrogen-bond donors (Lipinski definition) is 2. The zero-order valence-corrected chi connectivity index (χ0v) is 12.0. The van der Waals surface area contributed by atoms with E-state index in [1.165, 1.54) is 10.4 Å². The van der Waals surface area contributed by atoms with E-state index in [4.69, 9.17) is 10.8 Å². The summed E-state index contributed by atoms with van der Waals surface area (Å²) in [4.78, 5) is 11.8. The van der Waals surface area contributed by atoms with Crippen molar-refractivity contribution in [3.05, 3.63) is 21.9 Å². The SMILES string of the molecule is CCc1ccsc1Cn1c(N)nnc1SCC(=O)O. The van der Waals surface area contributed by atoms with Gasteiger partial charge < -0.3 is 10.8 Å². The Morgan fingerprint density at radius 1 is 1.58 bits per heavy atom. The van der Waals surface area contributed by atoms with Crippen LogP contribution in [0.5, 0.6) is 0 Å². The van der Waals surface area contributed by atoms with Crippen LogP contribution in [-0.4, -0.2) is 31.6 Å². The molecule has 0 spiro atoms. The van der Waals surface area contributed by atoms with Crippen molar-refractivity contribution in [2.24, 2.45) is 0 Å². The maximum atomic E-state index is 10.6. The van der Waals surface area contributed by atoms with Crippen LogP contribution in [0.1, 0.15) is 17.4 Å². The summed E-state index contributed by atoms with van der Waals surface area (Å²) in [5.74, 6) is -0.629. The van der Waals surface area contributed by atoms with Crippen LogP contribution in [0.2, 0.25) is 0 Å². The monoisotopic (exact) mass is 298 g/mol. The van der Waals surface area contributed by atoms with Gasteiger partial charge in [-0.15, -0.1) is 21.5 Å². The molecule has 2 aromatic rings. The Morgan fingerprint density at radius 3 is 3.05 bits per heavy atom. The van der Waals surface area contributed by atoms with E-state index in [9.17, 15) is 4.79 Å². The molecule has 0 aromatic carbocycles. The van der Waals surface area contributed by atoms with E-state index in [0.717, 1.165) is 18.2 Å². The van der Waals surface area contributed by atoms with E-state index >= 15 is 0 Å². The summed E-state index contributed by atoms with van der Waals surface area (Å²) < 4.78 is 1.75. The van der Waals surface area contributed by atoms with E-state index in [1.807, 2.05) is 5.38 Å². The van der Waals surface area contributed by atoms with Gasteiger partial charge in [0.1, 0.15) is 0 Å². The smallest absolute Gasteiger partial charge is 0.313 e. The second-order valence-electron chi connectivity index (χ2n) is 3.83. The number of anilines is 1. The van der Waals surface area contributed by atoms with Crippen LogP contribution in [-0.2, 0) is 17.8 Å². The van der Waals surface area contributed by atoms with Crippen LogP contribution < -0.4 is 5.73 Å². The zero-order chi connectivity index (χ0) is 13.8. The quantitative estimate of drug-likeness (QED) is 0.788. The van der Waals surface area contributed by atoms with Gasteiger partial charge in [-0.3, -0.25) is 9.36 Å². The number of rotatable bonds is 6. The molecule has 0 saturated heterocycles. The third-order valence-electron chi connectivity index (χ3n) is 2.59. The molecule has 6 nitrogen and oxygen atoms in total. The third-order valence-corrected chi connectivity index (χ3v) is 4.49. The summed E-state index contributed by atoms with van der Waals surface area (Å²) >= 11 is 2.78. The van der Waals surface area contributed by atoms with Crippen molar-refractivity contribution in [2.45, 2.75) is 25.0 Å². The number of nitrogen functional groups attached to an aromatic ring is 1. The predicted molar refractivity (Wildman–Crippen MR) is 75.6 cm³/mol. The molecule has 0 atom stereocenters. The van der Waals surface area contributed by atoms with E-state index in [0.29, 0.717) is 17.6 Å². The Bertz CT molecular complexity index is 579. The van der Waals surface area contributed by atoms with Crippen LogP contribution in [0.15, 0.2) is 16.6 Å². The molecule has 0 aliphatic heterocycles. The van der Waals surface area contributed by atoms with Gasteiger partial charge in [0.2, 0.25) is 5.95 Å². The van der Waals surface area contributed by atoms with Gasteiger partial charge in [-0.25, -0.2) is 0 Å². The fourth-order valence-corrected chi connectivity index (χ4v) is 3.28. The highest BCUT2D eigenvalue weighted by Crippen LogP contribution is 2.24. The summed E-state index contributed by atoms with van der Waals surface area (Å²) in [6, 6.07) is 2.09. The first-order valence-electron chi connectivity index (χ1n) is 5.70. The number of hydrogen-bond acceptors (Lipinski definition) is 6. The number of carboxylic acid groups (broad SMARTS) is 1. The highest BCUT2D eigenvalue weighted by molar-refractivity contribution is 7.99. The molecule has 2 rings (SSSR count). The van der Waals surface area contributed by atoms with Gasteiger partial charge in [-0.05, 0) is 23.4 Å². The summed E-state index contributed by atoms with van der Waals surface area (Å²) in [6.45, 7) is 2.68. The molecule has 19 heavy (non-hydrogen) atoms. The predicted octanol–water partition coefficient (Wildman–Crippen LogP) is 1.71. The van der Waals surface area contributed by atoms with Crippen LogP contribution >= 0.6 is 23.1 Å². The fraction of sp³-hybridized carbons (Fsp3) is 0.364. The number of carbonyl (C=O) groups is 1. The summed E-state index contributed by atoms with van der Waals surface area (Å²) in [7, 11) is 0. The lowest BCUT2D eigenvalue weighted by atomic mass is 10.2. The Balaban J connectivity index is 2.19. The number of thiophene rings is 1. The van der Waals surface area contributed by atoms with Gasteiger partial charge >= 0.3 is 5.97 Å². The number of nitrogens with two attached hydrogens (primary N) is 1. The molecular weight excluding hydrogens is 284 g/mol. The molecule has 2 aromatic heterocycles. The third kappa shape index (κ3) is 3.27. The summed E-state index contributed by atoms with van der Waals surface area (Å²) in [6.07, 6.45) is 0.957. The van der Waals surface area contributed by atoms with E-state index in [-0.39, 0.29) is 5.75 Å².